The fraction of sp³-hybridized carbons (Fsp3) is 0.774. The molecule has 0 aromatic carbocycles. The summed E-state index contributed by atoms with van der Waals surface area (Å²) in [6.07, 6.45) is 5.94. The van der Waals surface area contributed by atoms with E-state index in [-0.39, 0.29) is 29.6 Å². The summed E-state index contributed by atoms with van der Waals surface area (Å²) < 4.78 is 18.8. The van der Waals surface area contributed by atoms with Crippen LogP contribution in [0.4, 0.5) is 0 Å². The minimum Gasteiger partial charge on any atom is -0.454 e. The van der Waals surface area contributed by atoms with E-state index in [9.17, 15) is 19.8 Å². The molecule has 1 aliphatic heterocycles. The fourth-order valence-corrected chi connectivity index (χ4v) is 9.21. The molecular formula is C31H40N2O6. The van der Waals surface area contributed by atoms with Gasteiger partial charge in [-0.3, -0.25) is 9.59 Å². The number of nitrogens with zero attached hydrogens (tertiary/aromatic N) is 2. The van der Waals surface area contributed by atoms with Crippen LogP contribution in [0.1, 0.15) is 80.1 Å². The minimum absolute atomic E-state index is 0.00338. The van der Waals surface area contributed by atoms with Crippen molar-refractivity contribution in [1.82, 2.24) is 0 Å². The zero-order valence-corrected chi connectivity index (χ0v) is 23.9. The van der Waals surface area contributed by atoms with E-state index >= 15 is 0 Å². The third-order valence-electron chi connectivity index (χ3n) is 11.4. The van der Waals surface area contributed by atoms with Gasteiger partial charge in [-0.15, -0.1) is 4.91 Å². The molecule has 8 heteroatoms. The molecule has 2 bridgehead atoms. The number of fused-ring (bicyclic) bond motifs is 5. The van der Waals surface area contributed by atoms with Gasteiger partial charge in [-0.05, 0) is 74.3 Å². The van der Waals surface area contributed by atoms with Gasteiger partial charge in [0.2, 0.25) is 0 Å². The van der Waals surface area contributed by atoms with Crippen LogP contribution in [-0.4, -0.2) is 41.9 Å². The number of ketones is 1. The lowest BCUT2D eigenvalue weighted by Gasteiger charge is -2.51. The first-order valence-corrected chi connectivity index (χ1v) is 14.5. The molecule has 4 fully saturated rings. The molecular weight excluding hydrogens is 496 g/mol. The van der Waals surface area contributed by atoms with Gasteiger partial charge in [0.25, 0.3) is 0 Å². The Morgan fingerprint density at radius 2 is 1.87 bits per heavy atom. The van der Waals surface area contributed by atoms with E-state index < -0.39 is 46.3 Å². The first kappa shape index (κ1) is 26.8. The quantitative estimate of drug-likeness (QED) is 0.269. The molecule has 210 valence electrons. The van der Waals surface area contributed by atoms with Crippen LogP contribution >= 0.6 is 0 Å². The van der Waals surface area contributed by atoms with Crippen LogP contribution in [0.25, 0.3) is 0 Å². The second-order valence-corrected chi connectivity index (χ2v) is 14.1. The van der Waals surface area contributed by atoms with Gasteiger partial charge in [0.05, 0.1) is 18.1 Å². The van der Waals surface area contributed by atoms with Gasteiger partial charge in [-0.1, -0.05) is 57.4 Å². The van der Waals surface area contributed by atoms with Crippen LogP contribution in [0.15, 0.2) is 28.5 Å². The van der Waals surface area contributed by atoms with Crippen molar-refractivity contribution >= 4 is 11.8 Å². The number of nitriles is 1. The van der Waals surface area contributed by atoms with Gasteiger partial charge in [0, 0.05) is 5.92 Å². The summed E-state index contributed by atoms with van der Waals surface area (Å²) in [6, 6.07) is 2.25. The van der Waals surface area contributed by atoms with Gasteiger partial charge in [-0.25, -0.2) is 0 Å². The van der Waals surface area contributed by atoms with E-state index in [4.69, 9.17) is 14.2 Å². The molecule has 5 aliphatic carbocycles. The lowest BCUT2D eigenvalue weighted by atomic mass is 9.57. The summed E-state index contributed by atoms with van der Waals surface area (Å²) in [5.41, 5.74) is -2.97. The maximum absolute atomic E-state index is 14.9. The van der Waals surface area contributed by atoms with E-state index in [1.54, 1.807) is 13.8 Å². The Bertz CT molecular complexity index is 1240. The van der Waals surface area contributed by atoms with Crippen LogP contribution in [0.2, 0.25) is 0 Å². The molecule has 6 aliphatic rings. The second-order valence-electron chi connectivity index (χ2n) is 14.1. The smallest absolute Gasteiger partial charge is 0.327 e. The normalized spacial score (nSPS) is 44.6. The molecule has 0 radical (unpaired) electrons. The highest BCUT2D eigenvalue weighted by Gasteiger charge is 2.79. The van der Waals surface area contributed by atoms with Crippen LogP contribution in [0.3, 0.4) is 0 Å². The molecule has 3 saturated carbocycles. The number of rotatable bonds is 3. The number of esters is 1. The Balaban J connectivity index is 1.54. The Kier molecular flexibility index (Phi) is 5.73. The Labute approximate surface area is 230 Å². The van der Waals surface area contributed by atoms with Crippen molar-refractivity contribution in [2.45, 2.75) is 104 Å². The molecule has 0 aromatic rings. The highest BCUT2D eigenvalue weighted by Crippen LogP contribution is 2.72. The zero-order chi connectivity index (χ0) is 28.2. The van der Waals surface area contributed by atoms with Gasteiger partial charge in [0.15, 0.2) is 28.6 Å². The molecule has 6 rings (SSSR count). The largest absolute Gasteiger partial charge is 0.454 e. The average molecular weight is 537 g/mol. The second kappa shape index (κ2) is 8.33. The van der Waals surface area contributed by atoms with Gasteiger partial charge >= 0.3 is 5.97 Å². The summed E-state index contributed by atoms with van der Waals surface area (Å²) in [5.74, 6) is -1.86. The topological polar surface area (TPSA) is 115 Å². The predicted octanol–water partition coefficient (Wildman–Crippen LogP) is 5.41. The van der Waals surface area contributed by atoms with Crippen LogP contribution in [-0.2, 0) is 23.8 Å². The maximum atomic E-state index is 14.9. The average Bonchev–Trinajstić information content (AvgIpc) is 3.37. The van der Waals surface area contributed by atoms with Gasteiger partial charge in [0.1, 0.15) is 6.10 Å². The van der Waals surface area contributed by atoms with Crippen LogP contribution in [0.5, 0.6) is 0 Å². The minimum atomic E-state index is -1.74. The van der Waals surface area contributed by atoms with Crippen molar-refractivity contribution < 1.29 is 23.8 Å². The van der Waals surface area contributed by atoms with Gasteiger partial charge < -0.3 is 14.2 Å². The number of nitroso groups, excluding NO2 is 1. The summed E-state index contributed by atoms with van der Waals surface area (Å²) in [7, 11) is 0. The number of carbonyl (C=O) groups excluding carboxylic acids is 2. The number of ether oxygens (including phenoxy) is 3. The van der Waals surface area contributed by atoms with Crippen LogP contribution < -0.4 is 0 Å². The number of hydrogen-bond acceptors (Lipinski definition) is 8. The Morgan fingerprint density at radius 3 is 2.51 bits per heavy atom. The molecule has 0 N–H and O–H groups in total. The van der Waals surface area contributed by atoms with E-state index in [2.05, 4.69) is 25.1 Å². The number of carbonyl (C=O) groups is 2. The number of hydrogen-bond donors (Lipinski definition) is 0. The molecule has 8 nitrogen and oxygen atoms in total. The van der Waals surface area contributed by atoms with Crippen molar-refractivity contribution in [3.8, 4) is 6.07 Å². The van der Waals surface area contributed by atoms with Crippen molar-refractivity contribution in [2.24, 2.45) is 45.1 Å². The zero-order valence-electron chi connectivity index (χ0n) is 23.9. The molecule has 1 spiro atoms. The lowest BCUT2D eigenvalue weighted by Crippen LogP contribution is -2.67. The third kappa shape index (κ3) is 3.29. The number of Topliss-reactive ketones (excluding diaryl/α,β-unsaturated/α-hetero) is 1. The summed E-state index contributed by atoms with van der Waals surface area (Å²) in [6.45, 7) is 12.0. The number of allylic oxidation sites excluding steroid dienone is 1. The molecule has 8 atom stereocenters. The summed E-state index contributed by atoms with van der Waals surface area (Å²) in [4.78, 5) is 42.2. The molecule has 7 unspecified atom stereocenters. The summed E-state index contributed by atoms with van der Waals surface area (Å²) in [5, 5.41) is 14.0. The molecule has 0 amide bonds. The first-order chi connectivity index (χ1) is 18.3. The van der Waals surface area contributed by atoms with Crippen molar-refractivity contribution in [3.63, 3.8) is 0 Å². The Hall–Kier alpha value is -2.37. The molecule has 0 aromatic heterocycles. The molecule has 1 saturated heterocycles. The maximum Gasteiger partial charge on any atom is 0.327 e. The van der Waals surface area contributed by atoms with E-state index in [1.165, 1.54) is 0 Å². The lowest BCUT2D eigenvalue weighted by molar-refractivity contribution is -0.274. The van der Waals surface area contributed by atoms with Gasteiger partial charge in [-0.2, -0.15) is 5.26 Å². The molecule has 39 heavy (non-hydrogen) atoms. The standard InChI is InChI=1S/C31H40N2O6/c1-17-14-30-18(2)12-21-22(27(21,3)4)20(23(30)34)13-19-15-37-28(5,6)39-25(19)31(30,33-36)24(17)38-26(35)29(16-32)10-8-7-9-11-29/h13-14,18,20-22,24-25H,7-12,15H2,1-6H3/t18-,20?,21?,22?,24?,25?,30?,31?/m1/s1. The Morgan fingerprint density at radius 1 is 1.18 bits per heavy atom. The van der Waals surface area contributed by atoms with E-state index in [0.29, 0.717) is 29.9 Å². The fourth-order valence-electron chi connectivity index (χ4n) is 9.21. The first-order valence-electron chi connectivity index (χ1n) is 14.5. The van der Waals surface area contributed by atoms with Crippen molar-refractivity contribution in [1.29, 1.82) is 5.26 Å². The van der Waals surface area contributed by atoms with E-state index in [0.717, 1.165) is 25.7 Å². The van der Waals surface area contributed by atoms with Crippen molar-refractivity contribution in [3.05, 3.63) is 28.2 Å². The highest BCUT2D eigenvalue weighted by molar-refractivity contribution is 5.96. The predicted molar refractivity (Wildman–Crippen MR) is 142 cm³/mol. The molecule has 1 heterocycles. The summed E-state index contributed by atoms with van der Waals surface area (Å²) >= 11 is 0. The SMILES string of the molecule is CC1=CC23C(=O)C(C=C4COC(C)(C)OC4C2(N=O)C1OC(=O)C1(C#N)CCCCC1)C1C(C[C@H]3C)C1(C)C. The monoisotopic (exact) mass is 536 g/mol. The highest BCUT2D eigenvalue weighted by atomic mass is 16.7. The van der Waals surface area contributed by atoms with E-state index in [1.807, 2.05) is 26.0 Å². The van der Waals surface area contributed by atoms with Crippen molar-refractivity contribution in [2.75, 3.05) is 6.61 Å². The third-order valence-corrected chi connectivity index (χ3v) is 11.4. The van der Waals surface area contributed by atoms with Crippen LogP contribution in [0, 0.1) is 56.2 Å².